The van der Waals surface area contributed by atoms with E-state index in [4.69, 9.17) is 0 Å². The molecule has 2 aromatic rings. The summed E-state index contributed by atoms with van der Waals surface area (Å²) < 4.78 is 0. The van der Waals surface area contributed by atoms with Gasteiger partial charge in [0.25, 0.3) is 0 Å². The van der Waals surface area contributed by atoms with E-state index >= 15 is 0 Å². The smallest absolute Gasteiger partial charge is 0.227 e. The third-order valence-corrected chi connectivity index (χ3v) is 4.55. The zero-order valence-electron chi connectivity index (χ0n) is 13.9. The average molecular weight is 338 g/mol. The van der Waals surface area contributed by atoms with Gasteiger partial charge in [-0.15, -0.1) is 0 Å². The fourth-order valence-corrected chi connectivity index (χ4v) is 3.14. The van der Waals surface area contributed by atoms with E-state index < -0.39 is 6.04 Å². The number of carbonyl (C=O) groups is 2. The van der Waals surface area contributed by atoms with Gasteiger partial charge in [0.1, 0.15) is 0 Å². The molecule has 130 valence electrons. The van der Waals surface area contributed by atoms with E-state index in [9.17, 15) is 14.7 Å². The molecule has 5 nitrogen and oxygen atoms in total. The van der Waals surface area contributed by atoms with Gasteiger partial charge >= 0.3 is 0 Å². The number of fused-ring (bicyclic) bond motifs is 1. The molecule has 0 fully saturated rings. The van der Waals surface area contributed by atoms with Gasteiger partial charge in [-0.3, -0.25) is 9.59 Å². The monoisotopic (exact) mass is 338 g/mol. The summed E-state index contributed by atoms with van der Waals surface area (Å²) in [6.07, 6.45) is 1.39. The van der Waals surface area contributed by atoms with Crippen molar-refractivity contribution in [2.45, 2.75) is 25.3 Å². The Bertz CT molecular complexity index is 746. The van der Waals surface area contributed by atoms with Crippen LogP contribution in [0, 0.1) is 5.92 Å². The highest BCUT2D eigenvalue weighted by molar-refractivity contribution is 5.96. The molecule has 0 aliphatic carbocycles. The van der Waals surface area contributed by atoms with Crippen LogP contribution in [-0.2, 0) is 16.0 Å². The Morgan fingerprint density at radius 2 is 1.88 bits per heavy atom. The summed E-state index contributed by atoms with van der Waals surface area (Å²) in [5, 5.41) is 15.3. The molecule has 5 heteroatoms. The highest BCUT2D eigenvalue weighted by atomic mass is 16.3. The van der Waals surface area contributed by atoms with Crippen molar-refractivity contribution < 1.29 is 14.7 Å². The van der Waals surface area contributed by atoms with Crippen molar-refractivity contribution in [2.75, 3.05) is 11.9 Å². The Hall–Kier alpha value is -2.66. The van der Waals surface area contributed by atoms with Crippen molar-refractivity contribution in [1.82, 2.24) is 5.32 Å². The van der Waals surface area contributed by atoms with Gasteiger partial charge in [0.15, 0.2) is 0 Å². The van der Waals surface area contributed by atoms with Crippen molar-refractivity contribution in [3.8, 4) is 0 Å². The zero-order valence-corrected chi connectivity index (χ0v) is 13.9. The second-order valence-corrected chi connectivity index (χ2v) is 6.30. The number of hydrogen-bond donors (Lipinski definition) is 3. The van der Waals surface area contributed by atoms with E-state index in [-0.39, 0.29) is 30.8 Å². The molecule has 2 amide bonds. The van der Waals surface area contributed by atoms with Crippen LogP contribution in [0.1, 0.15) is 30.0 Å². The van der Waals surface area contributed by atoms with E-state index in [2.05, 4.69) is 10.6 Å². The maximum absolute atomic E-state index is 12.2. The number of hydrogen-bond acceptors (Lipinski definition) is 3. The highest BCUT2D eigenvalue weighted by Crippen LogP contribution is 2.27. The first-order chi connectivity index (χ1) is 12.2. The first-order valence-electron chi connectivity index (χ1n) is 8.51. The third-order valence-electron chi connectivity index (χ3n) is 4.55. The van der Waals surface area contributed by atoms with Gasteiger partial charge in [0.05, 0.1) is 12.6 Å². The number of carbonyl (C=O) groups excluding carboxylic acids is 2. The largest absolute Gasteiger partial charge is 0.394 e. The van der Waals surface area contributed by atoms with E-state index in [0.717, 1.165) is 16.8 Å². The molecular weight excluding hydrogens is 316 g/mol. The fourth-order valence-electron chi connectivity index (χ4n) is 3.14. The van der Waals surface area contributed by atoms with Crippen molar-refractivity contribution >= 4 is 17.5 Å². The normalized spacial score (nSPS) is 17.3. The standard InChI is InChI=1S/C20H22N2O3/c23-13-18(14-6-2-1-3-7-14)21-19(24)11-10-16-12-15-8-4-5-9-17(15)22-20(16)25/h1-9,16,18,23H,10-13H2,(H,21,24)(H,22,25). The maximum atomic E-state index is 12.2. The molecule has 3 rings (SSSR count). The third kappa shape index (κ3) is 4.25. The van der Waals surface area contributed by atoms with Crippen molar-refractivity contribution in [3.05, 3.63) is 65.7 Å². The lowest BCUT2D eigenvalue weighted by atomic mass is 9.89. The van der Waals surface area contributed by atoms with Crippen LogP contribution in [0.15, 0.2) is 54.6 Å². The minimum absolute atomic E-state index is 0.0340. The van der Waals surface area contributed by atoms with Gasteiger partial charge in [-0.25, -0.2) is 0 Å². The summed E-state index contributed by atoms with van der Waals surface area (Å²) in [6.45, 7) is -0.160. The van der Waals surface area contributed by atoms with Gasteiger partial charge in [-0.05, 0) is 30.0 Å². The molecule has 0 aromatic heterocycles. The molecule has 25 heavy (non-hydrogen) atoms. The number of aliphatic hydroxyl groups excluding tert-OH is 1. The number of anilines is 1. The Balaban J connectivity index is 1.55. The highest BCUT2D eigenvalue weighted by Gasteiger charge is 2.26. The van der Waals surface area contributed by atoms with Crippen LogP contribution in [0.4, 0.5) is 5.69 Å². The maximum Gasteiger partial charge on any atom is 0.227 e. The number of amides is 2. The molecule has 0 radical (unpaired) electrons. The summed E-state index contributed by atoms with van der Waals surface area (Å²) in [6, 6.07) is 16.7. The second-order valence-electron chi connectivity index (χ2n) is 6.30. The predicted molar refractivity (Wildman–Crippen MR) is 95.9 cm³/mol. The SMILES string of the molecule is O=C(CCC1Cc2ccccc2NC1=O)NC(CO)c1ccccc1. The molecule has 0 saturated carbocycles. The molecule has 2 aromatic carbocycles. The molecule has 2 unspecified atom stereocenters. The average Bonchev–Trinajstić information content (AvgIpc) is 2.65. The minimum atomic E-state index is -0.422. The zero-order chi connectivity index (χ0) is 17.6. The van der Waals surface area contributed by atoms with Crippen molar-refractivity contribution in [1.29, 1.82) is 0 Å². The van der Waals surface area contributed by atoms with E-state index in [1.165, 1.54) is 0 Å². The number of aliphatic hydroxyl groups is 1. The summed E-state index contributed by atoms with van der Waals surface area (Å²) in [7, 11) is 0. The number of para-hydroxylation sites is 1. The van der Waals surface area contributed by atoms with E-state index in [0.29, 0.717) is 12.8 Å². The molecule has 1 aliphatic rings. The Morgan fingerprint density at radius 3 is 2.64 bits per heavy atom. The van der Waals surface area contributed by atoms with Crippen LogP contribution >= 0.6 is 0 Å². The van der Waals surface area contributed by atoms with Gasteiger partial charge < -0.3 is 15.7 Å². The van der Waals surface area contributed by atoms with Crippen LogP contribution in [0.5, 0.6) is 0 Å². The Labute approximate surface area is 147 Å². The lowest BCUT2D eigenvalue weighted by molar-refractivity contribution is -0.123. The number of nitrogens with one attached hydrogen (secondary N) is 2. The van der Waals surface area contributed by atoms with Crippen molar-refractivity contribution in [2.24, 2.45) is 5.92 Å². The van der Waals surface area contributed by atoms with Gasteiger partial charge in [0, 0.05) is 18.0 Å². The van der Waals surface area contributed by atoms with Crippen LogP contribution < -0.4 is 10.6 Å². The molecule has 3 N–H and O–H groups in total. The molecule has 2 atom stereocenters. The van der Waals surface area contributed by atoms with Gasteiger partial charge in [-0.2, -0.15) is 0 Å². The first-order valence-corrected chi connectivity index (χ1v) is 8.51. The summed E-state index contributed by atoms with van der Waals surface area (Å²) in [5.74, 6) is -0.396. The molecule has 0 bridgehead atoms. The van der Waals surface area contributed by atoms with Gasteiger partial charge in [-0.1, -0.05) is 48.5 Å². The predicted octanol–water partition coefficient (Wildman–Crippen LogP) is 2.43. The second kappa shape index (κ2) is 7.94. The molecule has 1 aliphatic heterocycles. The molecule has 0 spiro atoms. The van der Waals surface area contributed by atoms with Crippen LogP contribution in [-0.4, -0.2) is 23.5 Å². The quantitative estimate of drug-likeness (QED) is 0.757. The van der Waals surface area contributed by atoms with Crippen LogP contribution in [0.3, 0.4) is 0 Å². The topological polar surface area (TPSA) is 78.4 Å². The van der Waals surface area contributed by atoms with Crippen LogP contribution in [0.2, 0.25) is 0 Å². The molecule has 1 heterocycles. The molecule has 0 saturated heterocycles. The Morgan fingerprint density at radius 1 is 1.16 bits per heavy atom. The number of benzene rings is 2. The minimum Gasteiger partial charge on any atom is -0.394 e. The summed E-state index contributed by atoms with van der Waals surface area (Å²) in [5.41, 5.74) is 2.82. The van der Waals surface area contributed by atoms with E-state index in [1.807, 2.05) is 54.6 Å². The Kier molecular flexibility index (Phi) is 5.46. The number of rotatable bonds is 6. The van der Waals surface area contributed by atoms with E-state index in [1.54, 1.807) is 0 Å². The lowest BCUT2D eigenvalue weighted by Gasteiger charge is -2.24. The van der Waals surface area contributed by atoms with Gasteiger partial charge in [0.2, 0.25) is 11.8 Å². The molecular formula is C20H22N2O3. The lowest BCUT2D eigenvalue weighted by Crippen LogP contribution is -2.33. The summed E-state index contributed by atoms with van der Waals surface area (Å²) >= 11 is 0. The first kappa shape index (κ1) is 17.2. The van der Waals surface area contributed by atoms with Crippen molar-refractivity contribution in [3.63, 3.8) is 0 Å². The van der Waals surface area contributed by atoms with Crippen LogP contribution in [0.25, 0.3) is 0 Å². The fraction of sp³-hybridized carbons (Fsp3) is 0.300. The summed E-state index contributed by atoms with van der Waals surface area (Å²) in [4.78, 5) is 24.4.